The molecule has 1 aromatic heterocycles. The largest absolute Gasteiger partial charge is 0.383 e. The van der Waals surface area contributed by atoms with Gasteiger partial charge in [-0.15, -0.1) is 11.6 Å². The van der Waals surface area contributed by atoms with E-state index < -0.39 is 0 Å². The first-order valence-corrected chi connectivity index (χ1v) is 5.81. The number of ether oxygens (including phenoxy) is 1. The van der Waals surface area contributed by atoms with Gasteiger partial charge in [0, 0.05) is 13.7 Å². The Labute approximate surface area is 100.0 Å². The third-order valence-corrected chi connectivity index (χ3v) is 2.94. The third kappa shape index (κ3) is 1.93. The first-order chi connectivity index (χ1) is 7.77. The smallest absolute Gasteiger partial charge is 0.124 e. The van der Waals surface area contributed by atoms with Gasteiger partial charge in [0.1, 0.15) is 5.82 Å². The fourth-order valence-electron chi connectivity index (χ4n) is 1.87. The summed E-state index contributed by atoms with van der Waals surface area (Å²) in [7, 11) is 1.70. The van der Waals surface area contributed by atoms with Crippen molar-refractivity contribution in [2.45, 2.75) is 19.3 Å². The monoisotopic (exact) mass is 238 g/mol. The highest BCUT2D eigenvalue weighted by Gasteiger charge is 2.10. The average molecular weight is 239 g/mol. The first kappa shape index (κ1) is 11.4. The maximum absolute atomic E-state index is 5.91. The Hall–Kier alpha value is -1.06. The molecule has 3 nitrogen and oxygen atoms in total. The van der Waals surface area contributed by atoms with Crippen LogP contribution in [-0.4, -0.2) is 23.3 Å². The van der Waals surface area contributed by atoms with E-state index >= 15 is 0 Å². The van der Waals surface area contributed by atoms with Crippen molar-refractivity contribution in [1.82, 2.24) is 9.55 Å². The van der Waals surface area contributed by atoms with E-state index in [0.717, 1.165) is 23.4 Å². The van der Waals surface area contributed by atoms with Gasteiger partial charge in [-0.25, -0.2) is 4.98 Å². The van der Waals surface area contributed by atoms with Crippen molar-refractivity contribution in [1.29, 1.82) is 0 Å². The summed E-state index contributed by atoms with van der Waals surface area (Å²) in [5.41, 5.74) is 3.35. The molecule has 1 aromatic carbocycles. The highest BCUT2D eigenvalue weighted by atomic mass is 35.5. The van der Waals surface area contributed by atoms with Crippen LogP contribution in [0.5, 0.6) is 0 Å². The van der Waals surface area contributed by atoms with Crippen LogP contribution < -0.4 is 0 Å². The summed E-state index contributed by atoms with van der Waals surface area (Å²) in [6.07, 6.45) is 0. The van der Waals surface area contributed by atoms with Crippen LogP contribution in [0.1, 0.15) is 11.4 Å². The van der Waals surface area contributed by atoms with Crippen LogP contribution in [0.3, 0.4) is 0 Å². The lowest BCUT2D eigenvalue weighted by molar-refractivity contribution is 0.187. The number of benzene rings is 1. The van der Waals surface area contributed by atoms with Crippen LogP contribution >= 0.6 is 11.6 Å². The number of hydrogen-bond acceptors (Lipinski definition) is 2. The number of imidazole rings is 1. The van der Waals surface area contributed by atoms with Crippen LogP contribution in [-0.2, 0) is 17.2 Å². The molecule has 0 aliphatic carbocycles. The minimum Gasteiger partial charge on any atom is -0.383 e. The van der Waals surface area contributed by atoms with E-state index in [1.165, 1.54) is 5.56 Å². The number of halogens is 1. The number of methoxy groups -OCH3 is 1. The Morgan fingerprint density at radius 3 is 2.94 bits per heavy atom. The number of aromatic nitrogens is 2. The molecule has 0 fully saturated rings. The lowest BCUT2D eigenvalue weighted by Crippen LogP contribution is -2.07. The molecule has 86 valence electrons. The fourth-order valence-corrected chi connectivity index (χ4v) is 2.07. The molecule has 0 saturated heterocycles. The fraction of sp³-hybridized carbons (Fsp3) is 0.417. The van der Waals surface area contributed by atoms with Gasteiger partial charge in [-0.3, -0.25) is 0 Å². The molecule has 0 aliphatic rings. The second-order valence-corrected chi connectivity index (χ2v) is 4.02. The van der Waals surface area contributed by atoms with Crippen LogP contribution in [0, 0.1) is 6.92 Å². The summed E-state index contributed by atoms with van der Waals surface area (Å²) in [4.78, 5) is 4.56. The zero-order chi connectivity index (χ0) is 11.5. The minimum atomic E-state index is 0.428. The van der Waals surface area contributed by atoms with Gasteiger partial charge >= 0.3 is 0 Å². The molecule has 16 heavy (non-hydrogen) atoms. The summed E-state index contributed by atoms with van der Waals surface area (Å²) in [6.45, 7) is 3.52. The normalized spacial score (nSPS) is 11.2. The lowest BCUT2D eigenvalue weighted by atomic mass is 10.2. The zero-order valence-corrected chi connectivity index (χ0v) is 10.3. The molecule has 0 spiro atoms. The number of hydrogen-bond donors (Lipinski definition) is 0. The van der Waals surface area contributed by atoms with E-state index in [1.807, 2.05) is 6.07 Å². The summed E-state index contributed by atoms with van der Waals surface area (Å²) in [5.74, 6) is 1.33. The van der Waals surface area contributed by atoms with Gasteiger partial charge in [0.15, 0.2) is 0 Å². The highest BCUT2D eigenvalue weighted by molar-refractivity contribution is 6.16. The van der Waals surface area contributed by atoms with Crippen molar-refractivity contribution in [3.05, 3.63) is 29.6 Å². The first-order valence-electron chi connectivity index (χ1n) is 5.27. The Balaban J connectivity index is 2.54. The van der Waals surface area contributed by atoms with Gasteiger partial charge in [-0.1, -0.05) is 12.1 Å². The van der Waals surface area contributed by atoms with E-state index in [2.05, 4.69) is 28.6 Å². The number of fused-ring (bicyclic) bond motifs is 1. The number of alkyl halides is 1. The maximum atomic E-state index is 5.91. The molecular formula is C12H15ClN2O. The van der Waals surface area contributed by atoms with Crippen molar-refractivity contribution < 1.29 is 4.74 Å². The molecule has 0 bridgehead atoms. The third-order valence-electron chi connectivity index (χ3n) is 2.70. The molecule has 2 aromatic rings. The van der Waals surface area contributed by atoms with Crippen molar-refractivity contribution >= 4 is 22.6 Å². The van der Waals surface area contributed by atoms with E-state index in [1.54, 1.807) is 7.11 Å². The molecule has 0 atom stereocenters. The summed E-state index contributed by atoms with van der Waals surface area (Å²) in [5, 5.41) is 0. The molecule has 0 amide bonds. The SMILES string of the molecule is COCCn1c(CCl)nc2c(C)cccc21. The topological polar surface area (TPSA) is 27.1 Å². The van der Waals surface area contributed by atoms with Gasteiger partial charge in [-0.2, -0.15) is 0 Å². The van der Waals surface area contributed by atoms with E-state index in [4.69, 9.17) is 16.3 Å². The van der Waals surface area contributed by atoms with Crippen LogP contribution in [0.4, 0.5) is 0 Å². The van der Waals surface area contributed by atoms with Crippen molar-refractivity contribution in [3.8, 4) is 0 Å². The number of nitrogens with zero attached hydrogens (tertiary/aromatic N) is 2. The Morgan fingerprint density at radius 1 is 1.44 bits per heavy atom. The summed E-state index contributed by atoms with van der Waals surface area (Å²) in [6, 6.07) is 6.18. The van der Waals surface area contributed by atoms with Crippen molar-refractivity contribution in [3.63, 3.8) is 0 Å². The molecule has 0 aliphatic heterocycles. The second-order valence-electron chi connectivity index (χ2n) is 3.75. The molecule has 0 unspecified atom stereocenters. The highest BCUT2D eigenvalue weighted by Crippen LogP contribution is 2.20. The predicted octanol–water partition coefficient (Wildman–Crippen LogP) is 2.73. The summed E-state index contributed by atoms with van der Waals surface area (Å²) < 4.78 is 7.23. The van der Waals surface area contributed by atoms with E-state index in [9.17, 15) is 0 Å². The second kappa shape index (κ2) is 4.85. The molecule has 1 heterocycles. The van der Waals surface area contributed by atoms with Gasteiger partial charge in [-0.05, 0) is 18.6 Å². The minimum absolute atomic E-state index is 0.428. The average Bonchev–Trinajstić information content (AvgIpc) is 2.66. The Bertz CT molecular complexity index is 493. The van der Waals surface area contributed by atoms with Crippen LogP contribution in [0.25, 0.3) is 11.0 Å². The standard InChI is InChI=1S/C12H15ClN2O/c1-9-4-3-5-10-12(9)14-11(8-13)15(10)6-7-16-2/h3-5H,6-8H2,1-2H3. The molecular weight excluding hydrogens is 224 g/mol. The quantitative estimate of drug-likeness (QED) is 0.766. The van der Waals surface area contributed by atoms with Gasteiger partial charge < -0.3 is 9.30 Å². The van der Waals surface area contributed by atoms with Crippen LogP contribution in [0.2, 0.25) is 0 Å². The molecule has 4 heteroatoms. The zero-order valence-electron chi connectivity index (χ0n) is 9.53. The Morgan fingerprint density at radius 2 is 2.25 bits per heavy atom. The maximum Gasteiger partial charge on any atom is 0.124 e. The summed E-state index contributed by atoms with van der Waals surface area (Å²) >= 11 is 5.91. The number of para-hydroxylation sites is 1. The molecule has 2 rings (SSSR count). The molecule has 0 N–H and O–H groups in total. The number of aryl methyl sites for hydroxylation is 1. The Kier molecular flexibility index (Phi) is 3.46. The number of rotatable bonds is 4. The van der Waals surface area contributed by atoms with Gasteiger partial charge in [0.2, 0.25) is 0 Å². The molecule has 0 radical (unpaired) electrons. The predicted molar refractivity (Wildman–Crippen MR) is 65.9 cm³/mol. The lowest BCUT2D eigenvalue weighted by Gasteiger charge is -2.06. The van der Waals surface area contributed by atoms with Gasteiger partial charge in [0.05, 0.1) is 23.5 Å². The van der Waals surface area contributed by atoms with Crippen molar-refractivity contribution in [2.75, 3.05) is 13.7 Å². The van der Waals surface area contributed by atoms with Crippen molar-refractivity contribution in [2.24, 2.45) is 0 Å². The van der Waals surface area contributed by atoms with Crippen LogP contribution in [0.15, 0.2) is 18.2 Å². The van der Waals surface area contributed by atoms with E-state index in [-0.39, 0.29) is 0 Å². The van der Waals surface area contributed by atoms with Gasteiger partial charge in [0.25, 0.3) is 0 Å². The van der Waals surface area contributed by atoms with E-state index in [0.29, 0.717) is 12.5 Å². The molecule has 0 saturated carbocycles.